The van der Waals surface area contributed by atoms with E-state index in [1.807, 2.05) is 0 Å². The first kappa shape index (κ1) is 13.8. The number of aliphatic hydroxyl groups is 1. The van der Waals surface area contributed by atoms with E-state index in [2.05, 4.69) is 29.2 Å². The molecule has 3 aliphatic carbocycles. The van der Waals surface area contributed by atoms with Gasteiger partial charge in [0.25, 0.3) is 0 Å². The summed E-state index contributed by atoms with van der Waals surface area (Å²) in [7, 11) is 0. The molecule has 0 aliphatic heterocycles. The number of nitrogens with zero attached hydrogens (tertiary/aromatic N) is 1. The van der Waals surface area contributed by atoms with Crippen molar-refractivity contribution in [2.24, 2.45) is 11.8 Å². The highest BCUT2D eigenvalue weighted by molar-refractivity contribution is 5.31. The molecule has 3 aliphatic rings. The van der Waals surface area contributed by atoms with Gasteiger partial charge in [-0.1, -0.05) is 24.3 Å². The molecular formula is C19H27NO. The van der Waals surface area contributed by atoms with E-state index in [1.165, 1.54) is 56.3 Å². The first-order valence-electron chi connectivity index (χ1n) is 8.81. The summed E-state index contributed by atoms with van der Waals surface area (Å²) in [6.45, 7) is 2.45. The maximum atomic E-state index is 11.0. The van der Waals surface area contributed by atoms with Crippen LogP contribution in [0.4, 0.5) is 0 Å². The molecule has 2 nitrogen and oxygen atoms in total. The highest BCUT2D eigenvalue weighted by atomic mass is 16.3. The Hall–Kier alpha value is -0.860. The number of hydrogen-bond acceptors (Lipinski definition) is 2. The zero-order chi connectivity index (χ0) is 14.2. The molecule has 1 aromatic rings. The average molecular weight is 285 g/mol. The van der Waals surface area contributed by atoms with Crippen LogP contribution in [0.5, 0.6) is 0 Å². The monoisotopic (exact) mass is 285 g/mol. The number of aryl methyl sites for hydroxylation is 1. The van der Waals surface area contributed by atoms with E-state index in [-0.39, 0.29) is 6.10 Å². The molecule has 0 bridgehead atoms. The smallest absolute Gasteiger partial charge is 0.0947 e. The lowest BCUT2D eigenvalue weighted by atomic mass is 9.97. The fourth-order valence-electron chi connectivity index (χ4n) is 3.91. The minimum absolute atomic E-state index is 0.291. The van der Waals surface area contributed by atoms with Crippen LogP contribution in [-0.2, 0) is 6.42 Å². The minimum atomic E-state index is -0.291. The minimum Gasteiger partial charge on any atom is -0.387 e. The number of benzene rings is 1. The molecule has 0 spiro atoms. The number of hydrogen-bond donors (Lipinski definition) is 1. The molecule has 2 heteroatoms. The van der Waals surface area contributed by atoms with Crippen molar-refractivity contribution >= 4 is 0 Å². The van der Waals surface area contributed by atoms with Crippen molar-refractivity contribution in [3.05, 3.63) is 35.4 Å². The zero-order valence-corrected chi connectivity index (χ0v) is 12.9. The van der Waals surface area contributed by atoms with Gasteiger partial charge >= 0.3 is 0 Å². The second-order valence-electron chi connectivity index (χ2n) is 7.44. The average Bonchev–Trinajstić information content (AvgIpc) is 3.35. The van der Waals surface area contributed by atoms with Crippen LogP contribution in [0.3, 0.4) is 0 Å². The van der Waals surface area contributed by atoms with Gasteiger partial charge in [-0.15, -0.1) is 0 Å². The maximum absolute atomic E-state index is 11.0. The van der Waals surface area contributed by atoms with Crippen LogP contribution in [0, 0.1) is 11.8 Å². The molecule has 1 N–H and O–H groups in total. The van der Waals surface area contributed by atoms with Gasteiger partial charge in [0.1, 0.15) is 0 Å². The largest absolute Gasteiger partial charge is 0.387 e. The van der Waals surface area contributed by atoms with Gasteiger partial charge in [0.2, 0.25) is 0 Å². The molecule has 2 fully saturated rings. The fraction of sp³-hybridized carbons (Fsp3) is 0.684. The second kappa shape index (κ2) is 5.73. The van der Waals surface area contributed by atoms with Gasteiger partial charge in [0.15, 0.2) is 0 Å². The lowest BCUT2D eigenvalue weighted by Crippen LogP contribution is -2.42. The second-order valence-corrected chi connectivity index (χ2v) is 7.44. The van der Waals surface area contributed by atoms with E-state index < -0.39 is 0 Å². The third-order valence-corrected chi connectivity index (χ3v) is 5.53. The summed E-state index contributed by atoms with van der Waals surface area (Å²) in [5, 5.41) is 11.0. The van der Waals surface area contributed by atoms with Crippen LogP contribution in [0.2, 0.25) is 0 Å². The number of rotatable bonds is 5. The van der Waals surface area contributed by atoms with Crippen molar-refractivity contribution in [2.45, 2.75) is 57.1 Å². The molecule has 2 saturated carbocycles. The Morgan fingerprint density at radius 2 is 1.62 bits per heavy atom. The first-order chi connectivity index (χ1) is 10.3. The Bertz CT molecular complexity index is 478. The summed E-state index contributed by atoms with van der Waals surface area (Å²) in [5.41, 5.74) is 2.56. The van der Waals surface area contributed by atoms with Crippen LogP contribution in [0.15, 0.2) is 24.3 Å². The van der Waals surface area contributed by atoms with Gasteiger partial charge in [-0.2, -0.15) is 0 Å². The Labute approximate surface area is 128 Å². The quantitative estimate of drug-likeness (QED) is 0.836. The third-order valence-electron chi connectivity index (χ3n) is 5.53. The van der Waals surface area contributed by atoms with Gasteiger partial charge in [-0.25, -0.2) is 0 Å². The van der Waals surface area contributed by atoms with Gasteiger partial charge < -0.3 is 5.11 Å². The molecule has 114 valence electrons. The van der Waals surface area contributed by atoms with Gasteiger partial charge in [0, 0.05) is 19.1 Å². The highest BCUT2D eigenvalue weighted by Crippen LogP contribution is 2.38. The lowest BCUT2D eigenvalue weighted by molar-refractivity contribution is 0.0391. The van der Waals surface area contributed by atoms with Gasteiger partial charge in [0.05, 0.1) is 6.10 Å². The summed E-state index contributed by atoms with van der Waals surface area (Å²) < 4.78 is 0. The summed E-state index contributed by atoms with van der Waals surface area (Å²) in [4.78, 5) is 2.65. The number of aliphatic hydroxyl groups excluding tert-OH is 1. The van der Waals surface area contributed by atoms with E-state index in [1.54, 1.807) is 0 Å². The maximum Gasteiger partial charge on any atom is 0.0947 e. The Balaban J connectivity index is 1.55. The molecule has 2 atom stereocenters. The molecule has 0 aromatic heterocycles. The fourth-order valence-corrected chi connectivity index (χ4v) is 3.91. The van der Waals surface area contributed by atoms with Crippen molar-refractivity contribution in [1.29, 1.82) is 0 Å². The lowest BCUT2D eigenvalue weighted by Gasteiger charge is -2.34. The molecule has 0 heterocycles. The van der Waals surface area contributed by atoms with E-state index in [0.717, 1.165) is 24.7 Å². The van der Waals surface area contributed by atoms with E-state index in [9.17, 15) is 5.11 Å². The molecule has 0 amide bonds. The Kier molecular flexibility index (Phi) is 3.76. The molecule has 4 rings (SSSR count). The Morgan fingerprint density at radius 3 is 2.29 bits per heavy atom. The normalized spacial score (nSPS) is 29.2. The van der Waals surface area contributed by atoms with Crippen molar-refractivity contribution in [3.63, 3.8) is 0 Å². The predicted molar refractivity (Wildman–Crippen MR) is 85.1 cm³/mol. The predicted octanol–water partition coefficient (Wildman–Crippen LogP) is 3.55. The molecule has 0 saturated heterocycles. The molecular weight excluding hydrogens is 258 g/mol. The van der Waals surface area contributed by atoms with Crippen molar-refractivity contribution < 1.29 is 5.11 Å². The molecule has 1 aromatic carbocycles. The van der Waals surface area contributed by atoms with Gasteiger partial charge in [-0.05, 0) is 67.9 Å². The zero-order valence-electron chi connectivity index (χ0n) is 12.9. The third kappa shape index (κ3) is 3.17. The van der Waals surface area contributed by atoms with Crippen LogP contribution in [0.25, 0.3) is 0 Å². The number of fused-ring (bicyclic) bond motifs is 1. The highest BCUT2D eigenvalue weighted by Gasteiger charge is 2.36. The van der Waals surface area contributed by atoms with Crippen LogP contribution in [-0.4, -0.2) is 29.1 Å². The van der Waals surface area contributed by atoms with E-state index in [4.69, 9.17) is 0 Å². The Morgan fingerprint density at radius 1 is 0.952 bits per heavy atom. The summed E-state index contributed by atoms with van der Waals surface area (Å²) >= 11 is 0. The summed E-state index contributed by atoms with van der Waals surface area (Å²) in [5.74, 6) is 1.82. The van der Waals surface area contributed by atoms with Crippen LogP contribution < -0.4 is 0 Å². The SMILES string of the molecule is OC1c2ccccc2CCCC1N(CC1CC1)CC1CC1. The molecule has 21 heavy (non-hydrogen) atoms. The van der Waals surface area contributed by atoms with Crippen molar-refractivity contribution in [2.75, 3.05) is 13.1 Å². The van der Waals surface area contributed by atoms with E-state index >= 15 is 0 Å². The van der Waals surface area contributed by atoms with Crippen molar-refractivity contribution in [1.82, 2.24) is 4.90 Å². The topological polar surface area (TPSA) is 23.5 Å². The first-order valence-corrected chi connectivity index (χ1v) is 8.81. The van der Waals surface area contributed by atoms with Crippen LogP contribution >= 0.6 is 0 Å². The van der Waals surface area contributed by atoms with Gasteiger partial charge in [-0.3, -0.25) is 4.90 Å². The summed E-state index contributed by atoms with van der Waals surface area (Å²) in [6, 6.07) is 8.88. The summed E-state index contributed by atoms with van der Waals surface area (Å²) in [6.07, 6.45) is 8.81. The van der Waals surface area contributed by atoms with E-state index in [0.29, 0.717) is 6.04 Å². The molecule has 2 unspecified atom stereocenters. The standard InChI is InChI=1S/C19H27NO/c21-19-17-6-2-1-4-16(17)5-3-7-18(19)20(12-14-8-9-14)13-15-10-11-15/h1-2,4,6,14-15,18-19,21H,3,5,7-13H2. The van der Waals surface area contributed by atoms with Crippen LogP contribution in [0.1, 0.15) is 55.8 Å². The van der Waals surface area contributed by atoms with Crippen molar-refractivity contribution in [3.8, 4) is 0 Å². The molecule has 0 radical (unpaired) electrons.